The quantitative estimate of drug-likeness (QED) is 0.229. The van der Waals surface area contributed by atoms with Gasteiger partial charge in [0.15, 0.2) is 0 Å². The van der Waals surface area contributed by atoms with E-state index in [4.69, 9.17) is 4.74 Å². The van der Waals surface area contributed by atoms with Crippen molar-refractivity contribution in [2.75, 3.05) is 17.3 Å². The molecule has 32 heavy (non-hydrogen) atoms. The maximum atomic E-state index is 12.8. The van der Waals surface area contributed by atoms with E-state index in [1.807, 2.05) is 12.1 Å². The van der Waals surface area contributed by atoms with Crippen molar-refractivity contribution >= 4 is 29.3 Å². The van der Waals surface area contributed by atoms with Crippen LogP contribution in [0, 0.1) is 0 Å². The van der Waals surface area contributed by atoms with Crippen molar-refractivity contribution in [3.63, 3.8) is 0 Å². The Balaban J connectivity index is 1.53. The normalized spacial score (nSPS) is 13.4. The third-order valence-electron chi connectivity index (χ3n) is 5.27. The Labute approximate surface area is 190 Å². The molecule has 0 unspecified atom stereocenters. The predicted molar refractivity (Wildman–Crippen MR) is 119 cm³/mol. The molecule has 4 nitrogen and oxygen atoms in total. The molecule has 1 amide bonds. The summed E-state index contributed by atoms with van der Waals surface area (Å²) in [4.78, 5) is 26.7. The number of carbonyl (C=O) groups excluding carboxylic acids is 2. The maximum absolute atomic E-state index is 12.8. The van der Waals surface area contributed by atoms with Crippen LogP contribution in [0.5, 0.6) is 0 Å². The van der Waals surface area contributed by atoms with Crippen molar-refractivity contribution in [1.82, 2.24) is 0 Å². The van der Waals surface area contributed by atoms with Crippen LogP contribution in [-0.2, 0) is 22.3 Å². The number of esters is 1. The number of benzene rings is 2. The lowest BCUT2D eigenvalue weighted by Crippen LogP contribution is -2.23. The zero-order valence-corrected chi connectivity index (χ0v) is 18.7. The molecule has 0 aliphatic carbocycles. The number of halogens is 3. The summed E-state index contributed by atoms with van der Waals surface area (Å²) >= 11 is 1.68. The Bertz CT molecular complexity index is 944. The third-order valence-corrected chi connectivity index (χ3v) is 6.46. The zero-order valence-electron chi connectivity index (χ0n) is 17.9. The summed E-state index contributed by atoms with van der Waals surface area (Å²) in [6.45, 7) is 2.56. The van der Waals surface area contributed by atoms with Crippen LogP contribution in [0.2, 0.25) is 0 Å². The number of unbranched alkanes of at least 4 members (excludes halogenated alkanes) is 3. The van der Waals surface area contributed by atoms with Crippen LogP contribution in [0.4, 0.5) is 18.9 Å². The van der Waals surface area contributed by atoms with E-state index in [0.29, 0.717) is 30.8 Å². The summed E-state index contributed by atoms with van der Waals surface area (Å²) in [5.74, 6) is 0.551. The number of alkyl halides is 3. The van der Waals surface area contributed by atoms with Crippen LogP contribution in [0.3, 0.4) is 0 Å². The van der Waals surface area contributed by atoms with Crippen molar-refractivity contribution in [3.05, 3.63) is 59.2 Å². The number of anilines is 1. The molecule has 0 saturated heterocycles. The molecule has 0 radical (unpaired) electrons. The molecule has 0 spiro atoms. The molecule has 1 aliphatic rings. The molecular weight excluding hydrogens is 439 g/mol. The van der Waals surface area contributed by atoms with Gasteiger partial charge in [-0.15, -0.1) is 11.8 Å². The van der Waals surface area contributed by atoms with E-state index in [1.54, 1.807) is 24.8 Å². The lowest BCUT2D eigenvalue weighted by molar-refractivity contribution is -0.143. The van der Waals surface area contributed by atoms with Gasteiger partial charge in [-0.05, 0) is 67.5 Å². The Morgan fingerprint density at radius 1 is 1.06 bits per heavy atom. The van der Waals surface area contributed by atoms with E-state index in [9.17, 15) is 22.8 Å². The first kappa shape index (κ1) is 24.2. The number of amides is 1. The number of carbonyl (C=O) groups is 2. The summed E-state index contributed by atoms with van der Waals surface area (Å²) in [5, 5.41) is 0. The van der Waals surface area contributed by atoms with Gasteiger partial charge >= 0.3 is 12.1 Å². The highest BCUT2D eigenvalue weighted by Gasteiger charge is 2.33. The smallest absolute Gasteiger partial charge is 0.416 e. The molecule has 0 bridgehead atoms. The van der Waals surface area contributed by atoms with E-state index in [0.717, 1.165) is 54.0 Å². The second-order valence-electron chi connectivity index (χ2n) is 7.54. The first-order chi connectivity index (χ1) is 15.3. The van der Waals surface area contributed by atoms with Crippen LogP contribution in [0.25, 0.3) is 0 Å². The SMILES string of the molecule is CCOC(=O)CCCCCCSc1cccc2c1CN(c1ccc(C(F)(F)F)cc1)C2=O. The Hall–Kier alpha value is -2.48. The van der Waals surface area contributed by atoms with Gasteiger partial charge in [0, 0.05) is 22.6 Å². The molecule has 1 aliphatic heterocycles. The first-order valence-electron chi connectivity index (χ1n) is 10.7. The van der Waals surface area contributed by atoms with Gasteiger partial charge in [0.1, 0.15) is 0 Å². The third kappa shape index (κ3) is 6.06. The topological polar surface area (TPSA) is 46.6 Å². The lowest BCUT2D eigenvalue weighted by Gasteiger charge is -2.17. The number of hydrogen-bond acceptors (Lipinski definition) is 4. The summed E-state index contributed by atoms with van der Waals surface area (Å²) in [7, 11) is 0. The van der Waals surface area contributed by atoms with E-state index in [-0.39, 0.29) is 11.9 Å². The largest absolute Gasteiger partial charge is 0.466 e. The Kier molecular flexibility index (Phi) is 8.23. The monoisotopic (exact) mass is 465 g/mol. The molecule has 0 saturated carbocycles. The van der Waals surface area contributed by atoms with Gasteiger partial charge in [-0.3, -0.25) is 9.59 Å². The van der Waals surface area contributed by atoms with Crippen molar-refractivity contribution in [3.8, 4) is 0 Å². The average molecular weight is 466 g/mol. The minimum atomic E-state index is -4.40. The number of rotatable bonds is 10. The maximum Gasteiger partial charge on any atom is 0.416 e. The van der Waals surface area contributed by atoms with Gasteiger partial charge < -0.3 is 9.64 Å². The van der Waals surface area contributed by atoms with Gasteiger partial charge in [0.25, 0.3) is 5.91 Å². The number of nitrogens with zero attached hydrogens (tertiary/aromatic N) is 1. The van der Waals surface area contributed by atoms with Gasteiger partial charge in [0.05, 0.1) is 18.7 Å². The van der Waals surface area contributed by atoms with Crippen molar-refractivity contribution in [2.24, 2.45) is 0 Å². The highest BCUT2D eigenvalue weighted by molar-refractivity contribution is 7.99. The second-order valence-corrected chi connectivity index (χ2v) is 8.67. The molecule has 0 fully saturated rings. The number of hydrogen-bond donors (Lipinski definition) is 0. The fourth-order valence-electron chi connectivity index (χ4n) is 3.62. The zero-order chi connectivity index (χ0) is 23.1. The summed E-state index contributed by atoms with van der Waals surface area (Å²) in [6.07, 6.45) is -0.159. The molecule has 0 aromatic heterocycles. The fourth-order valence-corrected chi connectivity index (χ4v) is 4.71. The van der Waals surface area contributed by atoms with E-state index < -0.39 is 11.7 Å². The minimum absolute atomic E-state index is 0.149. The standard InChI is InChI=1S/C24H26F3NO3S/c1-2-31-22(29)10-5-3-4-6-15-32-21-9-7-8-19-20(21)16-28(23(19)30)18-13-11-17(12-14-18)24(25,26)27/h7-9,11-14H,2-6,10,15-16H2,1H3. The Morgan fingerprint density at radius 2 is 1.78 bits per heavy atom. The Morgan fingerprint density at radius 3 is 2.47 bits per heavy atom. The fraction of sp³-hybridized carbons (Fsp3) is 0.417. The molecule has 0 N–H and O–H groups in total. The first-order valence-corrected chi connectivity index (χ1v) is 11.7. The van der Waals surface area contributed by atoms with Crippen LogP contribution >= 0.6 is 11.8 Å². The van der Waals surface area contributed by atoms with Crippen LogP contribution < -0.4 is 4.90 Å². The summed E-state index contributed by atoms with van der Waals surface area (Å²) in [6, 6.07) is 10.3. The molecule has 2 aromatic rings. The summed E-state index contributed by atoms with van der Waals surface area (Å²) < 4.78 is 43.4. The van der Waals surface area contributed by atoms with Crippen LogP contribution in [-0.4, -0.2) is 24.2 Å². The molecule has 1 heterocycles. The molecule has 2 aromatic carbocycles. The lowest BCUT2D eigenvalue weighted by atomic mass is 10.1. The summed E-state index contributed by atoms with van der Waals surface area (Å²) in [5.41, 5.74) is 1.25. The number of ether oxygens (including phenoxy) is 1. The van der Waals surface area contributed by atoms with E-state index in [1.165, 1.54) is 17.0 Å². The van der Waals surface area contributed by atoms with E-state index >= 15 is 0 Å². The van der Waals surface area contributed by atoms with E-state index in [2.05, 4.69) is 0 Å². The molecule has 0 atom stereocenters. The average Bonchev–Trinajstić information content (AvgIpc) is 3.10. The van der Waals surface area contributed by atoms with Gasteiger partial charge in [-0.25, -0.2) is 0 Å². The van der Waals surface area contributed by atoms with Gasteiger partial charge in [0.2, 0.25) is 0 Å². The highest BCUT2D eigenvalue weighted by Crippen LogP contribution is 2.36. The number of thioether (sulfide) groups is 1. The van der Waals surface area contributed by atoms with Crippen molar-refractivity contribution in [2.45, 2.75) is 56.6 Å². The molecule has 8 heteroatoms. The van der Waals surface area contributed by atoms with Crippen molar-refractivity contribution in [1.29, 1.82) is 0 Å². The van der Waals surface area contributed by atoms with Crippen LogP contribution in [0.1, 0.15) is 60.5 Å². The number of fused-ring (bicyclic) bond motifs is 1. The molecule has 3 rings (SSSR count). The minimum Gasteiger partial charge on any atom is -0.466 e. The van der Waals surface area contributed by atoms with Gasteiger partial charge in [-0.2, -0.15) is 13.2 Å². The highest BCUT2D eigenvalue weighted by atomic mass is 32.2. The molecule has 172 valence electrons. The van der Waals surface area contributed by atoms with Gasteiger partial charge in [-0.1, -0.05) is 18.9 Å². The van der Waals surface area contributed by atoms with Crippen LogP contribution in [0.15, 0.2) is 47.4 Å². The molecular formula is C24H26F3NO3S. The predicted octanol–water partition coefficient (Wildman–Crippen LogP) is 6.47. The second kappa shape index (κ2) is 10.9. The van der Waals surface area contributed by atoms with Crippen molar-refractivity contribution < 1.29 is 27.5 Å².